The Bertz CT molecular complexity index is 1000. The summed E-state index contributed by atoms with van der Waals surface area (Å²) in [4.78, 5) is 33.3. The second-order valence-corrected chi connectivity index (χ2v) is 6.99. The lowest BCUT2D eigenvalue weighted by Gasteiger charge is -2.16. The molecule has 3 rings (SSSR count). The first-order valence-electron chi connectivity index (χ1n) is 9.56. The Hall–Kier alpha value is -3.15. The van der Waals surface area contributed by atoms with Crippen molar-refractivity contribution in [2.24, 2.45) is 0 Å². The standard InChI is InChI=1S/C22H26N4O2/c1-4-18(20-23-14-16(3)24-20)25-21(27)19-15(2)10-12-26(22(19)28)13-11-17-8-6-5-7-9-17/h5-10,12,14,18H,4,11,13H2,1-3H3,(H,23,24)(H,25,27). The molecule has 1 aromatic carbocycles. The van der Waals surface area contributed by atoms with E-state index in [0.29, 0.717) is 24.4 Å². The number of amides is 1. The molecule has 146 valence electrons. The zero-order valence-corrected chi connectivity index (χ0v) is 16.5. The summed E-state index contributed by atoms with van der Waals surface area (Å²) >= 11 is 0. The van der Waals surface area contributed by atoms with Gasteiger partial charge in [0.05, 0.1) is 6.04 Å². The van der Waals surface area contributed by atoms with Gasteiger partial charge in [-0.15, -0.1) is 0 Å². The molecule has 0 radical (unpaired) electrons. The van der Waals surface area contributed by atoms with Gasteiger partial charge in [-0.1, -0.05) is 37.3 Å². The van der Waals surface area contributed by atoms with E-state index in [0.717, 1.165) is 17.7 Å². The van der Waals surface area contributed by atoms with Crippen molar-refractivity contribution in [1.29, 1.82) is 0 Å². The molecule has 0 fully saturated rings. The van der Waals surface area contributed by atoms with Gasteiger partial charge in [0.15, 0.2) is 0 Å². The molecular weight excluding hydrogens is 352 g/mol. The minimum Gasteiger partial charge on any atom is -0.344 e. The van der Waals surface area contributed by atoms with Gasteiger partial charge in [0.2, 0.25) is 0 Å². The zero-order chi connectivity index (χ0) is 20.1. The van der Waals surface area contributed by atoms with Crippen LogP contribution < -0.4 is 10.9 Å². The van der Waals surface area contributed by atoms with Crippen LogP contribution in [0, 0.1) is 13.8 Å². The van der Waals surface area contributed by atoms with Gasteiger partial charge in [-0.05, 0) is 43.9 Å². The SMILES string of the molecule is CCC(NC(=O)c1c(C)ccn(CCc2ccccc2)c1=O)c1ncc(C)[nH]1. The fraction of sp³-hybridized carbons (Fsp3) is 0.318. The van der Waals surface area contributed by atoms with Crippen LogP contribution in [0.5, 0.6) is 0 Å². The molecule has 2 heterocycles. The molecule has 1 unspecified atom stereocenters. The summed E-state index contributed by atoms with van der Waals surface area (Å²) in [5, 5.41) is 2.95. The van der Waals surface area contributed by atoms with Crippen LogP contribution in [0.1, 0.15) is 52.4 Å². The highest BCUT2D eigenvalue weighted by atomic mass is 16.2. The smallest absolute Gasteiger partial charge is 0.263 e. The number of aromatic nitrogens is 3. The van der Waals surface area contributed by atoms with Gasteiger partial charge in [0.1, 0.15) is 11.4 Å². The maximum atomic E-state index is 12.9. The number of carbonyl (C=O) groups is 1. The molecule has 6 nitrogen and oxygen atoms in total. The van der Waals surface area contributed by atoms with Gasteiger partial charge in [-0.2, -0.15) is 0 Å². The normalized spacial score (nSPS) is 12.0. The number of imidazole rings is 1. The third-order valence-electron chi connectivity index (χ3n) is 4.85. The predicted molar refractivity (Wildman–Crippen MR) is 109 cm³/mol. The molecule has 2 N–H and O–H groups in total. The summed E-state index contributed by atoms with van der Waals surface area (Å²) in [7, 11) is 0. The van der Waals surface area contributed by atoms with E-state index in [9.17, 15) is 9.59 Å². The number of aryl methyl sites for hydroxylation is 4. The fourth-order valence-electron chi connectivity index (χ4n) is 3.22. The molecule has 0 aliphatic carbocycles. The number of benzene rings is 1. The summed E-state index contributed by atoms with van der Waals surface area (Å²) < 4.78 is 1.60. The van der Waals surface area contributed by atoms with Crippen LogP contribution >= 0.6 is 0 Å². The zero-order valence-electron chi connectivity index (χ0n) is 16.5. The van der Waals surface area contributed by atoms with E-state index in [2.05, 4.69) is 15.3 Å². The first-order chi connectivity index (χ1) is 13.5. The number of hydrogen-bond acceptors (Lipinski definition) is 3. The van der Waals surface area contributed by atoms with Gasteiger partial charge in [0, 0.05) is 24.6 Å². The molecule has 3 aromatic rings. The Morgan fingerprint density at radius 3 is 2.61 bits per heavy atom. The van der Waals surface area contributed by atoms with Crippen molar-refractivity contribution in [2.45, 2.75) is 46.2 Å². The van der Waals surface area contributed by atoms with Crippen LogP contribution in [0.2, 0.25) is 0 Å². The Morgan fingerprint density at radius 2 is 1.96 bits per heavy atom. The van der Waals surface area contributed by atoms with Crippen LogP contribution in [0.25, 0.3) is 0 Å². The summed E-state index contributed by atoms with van der Waals surface area (Å²) in [5.74, 6) is 0.337. The van der Waals surface area contributed by atoms with Crippen molar-refractivity contribution in [2.75, 3.05) is 0 Å². The Morgan fingerprint density at radius 1 is 1.21 bits per heavy atom. The average molecular weight is 378 g/mol. The van der Waals surface area contributed by atoms with Crippen molar-refractivity contribution in [3.8, 4) is 0 Å². The number of pyridine rings is 1. The molecule has 0 saturated heterocycles. The molecule has 0 bridgehead atoms. The minimum atomic E-state index is -0.363. The summed E-state index contributed by atoms with van der Waals surface area (Å²) in [5.41, 5.74) is 2.68. The van der Waals surface area contributed by atoms with E-state index in [1.807, 2.05) is 50.2 Å². The van der Waals surface area contributed by atoms with Crippen LogP contribution in [0.3, 0.4) is 0 Å². The quantitative estimate of drug-likeness (QED) is 0.662. The molecule has 28 heavy (non-hydrogen) atoms. The van der Waals surface area contributed by atoms with E-state index in [1.54, 1.807) is 23.9 Å². The van der Waals surface area contributed by atoms with Crippen molar-refractivity contribution in [3.63, 3.8) is 0 Å². The number of carbonyl (C=O) groups excluding carboxylic acids is 1. The molecule has 6 heteroatoms. The molecule has 1 atom stereocenters. The monoisotopic (exact) mass is 378 g/mol. The first kappa shape index (κ1) is 19.6. The van der Waals surface area contributed by atoms with Crippen LogP contribution in [-0.2, 0) is 13.0 Å². The molecule has 0 saturated carbocycles. The van der Waals surface area contributed by atoms with E-state index in [-0.39, 0.29) is 23.1 Å². The highest BCUT2D eigenvalue weighted by Gasteiger charge is 2.21. The molecule has 0 spiro atoms. The number of nitrogens with one attached hydrogen (secondary N) is 2. The molecular formula is C22H26N4O2. The second kappa shape index (κ2) is 8.69. The van der Waals surface area contributed by atoms with Crippen molar-refractivity contribution >= 4 is 5.91 Å². The largest absolute Gasteiger partial charge is 0.344 e. The average Bonchev–Trinajstić information content (AvgIpc) is 3.12. The topological polar surface area (TPSA) is 79.8 Å². The Labute approximate surface area is 164 Å². The molecule has 1 amide bonds. The number of nitrogens with zero attached hydrogens (tertiary/aromatic N) is 2. The van der Waals surface area contributed by atoms with Crippen molar-refractivity contribution < 1.29 is 4.79 Å². The van der Waals surface area contributed by atoms with Crippen LogP contribution in [0.15, 0.2) is 53.6 Å². The Kier molecular flexibility index (Phi) is 6.09. The lowest BCUT2D eigenvalue weighted by Crippen LogP contribution is -2.36. The van der Waals surface area contributed by atoms with Crippen molar-refractivity contribution in [3.05, 3.63) is 87.4 Å². The number of rotatable bonds is 7. The van der Waals surface area contributed by atoms with Gasteiger partial charge >= 0.3 is 0 Å². The summed E-state index contributed by atoms with van der Waals surface area (Å²) in [6.45, 7) is 6.20. The van der Waals surface area contributed by atoms with Gasteiger partial charge in [0.25, 0.3) is 11.5 Å². The summed E-state index contributed by atoms with van der Waals surface area (Å²) in [6, 6.07) is 11.5. The van der Waals surface area contributed by atoms with Gasteiger partial charge in [-0.25, -0.2) is 4.98 Å². The molecule has 0 aliphatic heterocycles. The fourth-order valence-corrected chi connectivity index (χ4v) is 3.22. The minimum absolute atomic E-state index is 0.192. The summed E-state index contributed by atoms with van der Waals surface area (Å²) in [6.07, 6.45) is 4.89. The van der Waals surface area contributed by atoms with E-state index < -0.39 is 0 Å². The Balaban J connectivity index is 1.80. The van der Waals surface area contributed by atoms with Crippen LogP contribution in [-0.4, -0.2) is 20.4 Å². The predicted octanol–water partition coefficient (Wildman–Crippen LogP) is 3.31. The van der Waals surface area contributed by atoms with E-state index in [4.69, 9.17) is 0 Å². The number of hydrogen-bond donors (Lipinski definition) is 2. The highest BCUT2D eigenvalue weighted by molar-refractivity contribution is 5.95. The maximum Gasteiger partial charge on any atom is 0.263 e. The second-order valence-electron chi connectivity index (χ2n) is 6.99. The first-order valence-corrected chi connectivity index (χ1v) is 9.56. The van der Waals surface area contributed by atoms with Crippen LogP contribution in [0.4, 0.5) is 0 Å². The maximum absolute atomic E-state index is 12.9. The van der Waals surface area contributed by atoms with E-state index in [1.165, 1.54) is 0 Å². The van der Waals surface area contributed by atoms with Crippen molar-refractivity contribution in [1.82, 2.24) is 19.9 Å². The number of H-pyrrole nitrogens is 1. The van der Waals surface area contributed by atoms with Gasteiger partial charge in [-0.3, -0.25) is 9.59 Å². The van der Waals surface area contributed by atoms with Gasteiger partial charge < -0.3 is 14.9 Å². The lowest BCUT2D eigenvalue weighted by molar-refractivity contribution is 0.0931. The lowest BCUT2D eigenvalue weighted by atomic mass is 10.1. The van der Waals surface area contributed by atoms with E-state index >= 15 is 0 Å². The third-order valence-corrected chi connectivity index (χ3v) is 4.85. The third kappa shape index (κ3) is 4.39. The molecule has 2 aromatic heterocycles. The number of aromatic amines is 1. The molecule has 0 aliphatic rings. The highest BCUT2D eigenvalue weighted by Crippen LogP contribution is 2.14.